The Kier molecular flexibility index (Phi) is 9.21. The number of phenols is 5. The van der Waals surface area contributed by atoms with Crippen LogP contribution in [0.3, 0.4) is 0 Å². The Labute approximate surface area is 357 Å². The number of nitrogens with one attached hydrogen (secondary N) is 1. The van der Waals surface area contributed by atoms with E-state index in [1.54, 1.807) is 24.3 Å². The summed E-state index contributed by atoms with van der Waals surface area (Å²) in [6.45, 7) is 1.25. The van der Waals surface area contributed by atoms with Crippen LogP contribution in [-0.2, 0) is 19.4 Å². The lowest BCUT2D eigenvalue weighted by Gasteiger charge is -2.72. The van der Waals surface area contributed by atoms with Gasteiger partial charge in [0.1, 0.15) is 12.4 Å². The Bertz CT molecular complexity index is 2540. The summed E-state index contributed by atoms with van der Waals surface area (Å²) in [4.78, 5) is 10.5. The number of aliphatic hydroxyl groups excluding tert-OH is 1. The lowest BCUT2D eigenvalue weighted by Crippen LogP contribution is -2.75. The van der Waals surface area contributed by atoms with E-state index in [0.29, 0.717) is 59.3 Å². The molecule has 316 valence electrons. The highest BCUT2D eigenvalue weighted by atomic mass is 16.3. The second-order valence-electron chi connectivity index (χ2n) is 19.5. The number of aromatic hydroxyl groups is 5. The first kappa shape index (κ1) is 38.8. The molecule has 1 heterocycles. The highest BCUT2D eigenvalue weighted by Crippen LogP contribution is 2.79. The molecule has 4 aromatic rings. The summed E-state index contributed by atoms with van der Waals surface area (Å²) in [5.74, 6) is 0.750. The number of phenolic OH excluding ortho intramolecular Hbond substituents is 5. The maximum Gasteiger partial charge on any atom is 0.169 e. The molecule has 11 rings (SSSR count). The summed E-state index contributed by atoms with van der Waals surface area (Å²) in [6.07, 6.45) is 21.9. The number of rotatable bonds is 8. The number of aliphatic imine (C=N–C) groups is 2. The molecule has 0 radical (unpaired) electrons. The van der Waals surface area contributed by atoms with Crippen molar-refractivity contribution in [1.29, 1.82) is 0 Å². The molecule has 0 saturated heterocycles. The average Bonchev–Trinajstić information content (AvgIpc) is 3.99. The summed E-state index contributed by atoms with van der Waals surface area (Å²) in [6, 6.07) is 18.5. The topological polar surface area (TPSA) is 158 Å². The van der Waals surface area contributed by atoms with Crippen molar-refractivity contribution in [2.24, 2.45) is 49.9 Å². The third-order valence-electron chi connectivity index (χ3n) is 17.3. The fraction of sp³-hybridized carbons (Fsp3) is 0.462. The Hall–Kier alpha value is -5.12. The van der Waals surface area contributed by atoms with Crippen molar-refractivity contribution in [1.82, 2.24) is 5.32 Å². The number of hydrogen-bond donors (Lipinski definition) is 7. The van der Waals surface area contributed by atoms with Crippen LogP contribution in [0.1, 0.15) is 98.4 Å². The zero-order chi connectivity index (χ0) is 41.7. The first-order valence-electron chi connectivity index (χ1n) is 22.8. The molecule has 0 amide bonds. The lowest BCUT2D eigenvalue weighted by atomic mass is 9.33. The Morgan fingerprint density at radius 1 is 0.721 bits per heavy atom. The van der Waals surface area contributed by atoms with Crippen molar-refractivity contribution >= 4 is 34.3 Å². The minimum atomic E-state index is -0.482. The van der Waals surface area contributed by atoms with Gasteiger partial charge in [-0.2, -0.15) is 0 Å². The monoisotopic (exact) mass is 819 g/mol. The van der Waals surface area contributed by atoms with Gasteiger partial charge in [0.2, 0.25) is 0 Å². The largest absolute Gasteiger partial charge is 0.507 e. The zero-order valence-electron chi connectivity index (χ0n) is 34.7. The van der Waals surface area contributed by atoms with Crippen LogP contribution in [0.4, 0.5) is 0 Å². The molecule has 9 nitrogen and oxygen atoms in total. The molecule has 5 fully saturated rings. The van der Waals surface area contributed by atoms with Gasteiger partial charge in [0, 0.05) is 29.5 Å². The van der Waals surface area contributed by atoms with E-state index in [4.69, 9.17) is 9.98 Å². The van der Waals surface area contributed by atoms with E-state index in [9.17, 15) is 30.6 Å². The summed E-state index contributed by atoms with van der Waals surface area (Å²) in [7, 11) is 0. The van der Waals surface area contributed by atoms with Crippen LogP contribution in [0.2, 0.25) is 0 Å². The number of benzene rings is 4. The van der Waals surface area contributed by atoms with E-state index in [-0.39, 0.29) is 62.3 Å². The van der Waals surface area contributed by atoms with Crippen molar-refractivity contribution in [3.63, 3.8) is 0 Å². The number of nitrogens with zero attached hydrogens (tertiary/aromatic N) is 2. The van der Waals surface area contributed by atoms with Gasteiger partial charge < -0.3 is 36.0 Å². The maximum atomic E-state index is 12.4. The summed E-state index contributed by atoms with van der Waals surface area (Å²) in [5, 5.41) is 70.6. The molecule has 4 aromatic carbocycles. The summed E-state index contributed by atoms with van der Waals surface area (Å²) in [5.41, 5.74) is 6.61. The Morgan fingerprint density at radius 3 is 2.36 bits per heavy atom. The number of aliphatic hydroxyl groups is 1. The van der Waals surface area contributed by atoms with Crippen LogP contribution in [0.15, 0.2) is 82.8 Å². The van der Waals surface area contributed by atoms with Gasteiger partial charge in [-0.3, -0.25) is 9.98 Å². The smallest absolute Gasteiger partial charge is 0.169 e. The molecular weight excluding hydrogens is 763 g/mol. The van der Waals surface area contributed by atoms with Gasteiger partial charge in [-0.1, -0.05) is 73.2 Å². The van der Waals surface area contributed by atoms with E-state index in [2.05, 4.69) is 41.7 Å². The molecule has 7 N–H and O–H groups in total. The van der Waals surface area contributed by atoms with Crippen LogP contribution in [0, 0.1) is 39.9 Å². The normalized spacial score (nSPS) is 33.4. The SMILES string of the molecule is Oc1ccc(/C=C\c2c(CCc3ccc(CN[C@@H]4CC[C@@H]5CC[C@H]6CCC7=NCN=C7[C@]47[C@@H]4[C@@H](O)C=C[C@@H]8CCC[C@]84CC[C@]657)cc3)c(O)c(O)c3c(O)cccc23)cc1O. The second-order valence-corrected chi connectivity index (χ2v) is 19.5. The quantitative estimate of drug-likeness (QED) is 0.0530. The number of aryl methyl sites for hydroxylation is 1. The van der Waals surface area contributed by atoms with Crippen molar-refractivity contribution < 1.29 is 30.6 Å². The highest BCUT2D eigenvalue weighted by molar-refractivity contribution is 6.46. The van der Waals surface area contributed by atoms with Gasteiger partial charge in [-0.25, -0.2) is 0 Å². The van der Waals surface area contributed by atoms with Crippen molar-refractivity contribution in [2.45, 2.75) is 102 Å². The van der Waals surface area contributed by atoms with Crippen LogP contribution < -0.4 is 5.32 Å². The van der Waals surface area contributed by atoms with Crippen LogP contribution in [0.25, 0.3) is 22.9 Å². The second kappa shape index (κ2) is 14.5. The first-order chi connectivity index (χ1) is 29.7. The summed E-state index contributed by atoms with van der Waals surface area (Å²) < 4.78 is 0. The van der Waals surface area contributed by atoms with Crippen LogP contribution in [0.5, 0.6) is 28.7 Å². The number of allylic oxidation sites excluding steroid dienone is 1. The van der Waals surface area contributed by atoms with Crippen LogP contribution >= 0.6 is 0 Å². The molecule has 7 aliphatic rings. The molecule has 1 aliphatic heterocycles. The van der Waals surface area contributed by atoms with E-state index in [1.807, 2.05) is 6.08 Å². The van der Waals surface area contributed by atoms with Crippen molar-refractivity contribution in [3.8, 4) is 28.7 Å². The fourth-order valence-corrected chi connectivity index (χ4v) is 15.1. The maximum absolute atomic E-state index is 12.4. The standard InChI is InChI=1S/C52H57N3O6/c56-40-21-12-31(27-43(40)59)11-18-36-37-4-1-5-41(57)45(37)47(61)46(60)38(36)19-10-30-6-8-32(9-7-30)28-53-44-23-17-35-14-13-34-15-20-39-49(55-29-54-39)52(44)48-42(58)22-16-33-3-2-24-50(33,48)25-26-51(34,35)52/h1,4-9,11-12,16,18,21-22,27,33-35,42,44,48,53,56-61H,2-3,10,13-15,17,19-20,23-26,28-29H2/b18-11-/t33-,34-,35-,42-,44+,48+,50-,51-,52+/m0/s1. The van der Waals surface area contributed by atoms with Gasteiger partial charge in [0.15, 0.2) is 23.0 Å². The third kappa shape index (κ3) is 5.58. The molecule has 0 unspecified atom stereocenters. The average molecular weight is 820 g/mol. The number of fused-ring (bicyclic) bond motifs is 2. The molecule has 6 aliphatic carbocycles. The molecule has 5 saturated carbocycles. The first-order valence-corrected chi connectivity index (χ1v) is 22.8. The molecule has 0 aromatic heterocycles. The highest BCUT2D eigenvalue weighted by Gasteiger charge is 2.78. The van der Waals surface area contributed by atoms with E-state index < -0.39 is 6.10 Å². The predicted molar refractivity (Wildman–Crippen MR) is 239 cm³/mol. The molecule has 2 spiro atoms. The van der Waals surface area contributed by atoms with Crippen molar-refractivity contribution in [3.05, 3.63) is 101 Å². The molecule has 9 heteroatoms. The van der Waals surface area contributed by atoms with Gasteiger partial charge in [0.25, 0.3) is 0 Å². The Balaban J connectivity index is 0.893. The van der Waals surface area contributed by atoms with Gasteiger partial charge in [-0.05, 0) is 151 Å². The van der Waals surface area contributed by atoms with E-state index in [0.717, 1.165) is 24.9 Å². The van der Waals surface area contributed by atoms with Gasteiger partial charge in [-0.15, -0.1) is 0 Å². The molecule has 9 atom stereocenters. The van der Waals surface area contributed by atoms with E-state index in [1.165, 1.54) is 93.0 Å². The lowest BCUT2D eigenvalue weighted by molar-refractivity contribution is -0.202. The predicted octanol–water partition coefficient (Wildman–Crippen LogP) is 9.35. The van der Waals surface area contributed by atoms with Gasteiger partial charge >= 0.3 is 0 Å². The summed E-state index contributed by atoms with van der Waals surface area (Å²) >= 11 is 0. The minimum Gasteiger partial charge on any atom is -0.507 e. The van der Waals surface area contributed by atoms with Crippen molar-refractivity contribution in [2.75, 3.05) is 6.67 Å². The zero-order valence-corrected chi connectivity index (χ0v) is 34.7. The Morgan fingerprint density at radius 2 is 1.52 bits per heavy atom. The molecule has 61 heavy (non-hydrogen) atoms. The van der Waals surface area contributed by atoms with Gasteiger partial charge in [0.05, 0.1) is 22.9 Å². The molecular formula is C52H57N3O6. The molecule has 0 bridgehead atoms. The van der Waals surface area contributed by atoms with E-state index >= 15 is 0 Å². The third-order valence-corrected chi connectivity index (χ3v) is 17.3. The van der Waals surface area contributed by atoms with Crippen LogP contribution in [-0.4, -0.2) is 60.9 Å². The minimum absolute atomic E-state index is 0.109. The number of hydrogen-bond acceptors (Lipinski definition) is 9. The fourth-order valence-electron chi connectivity index (χ4n) is 15.1.